The number of nitrogens with zero attached hydrogens (tertiary/aromatic N) is 2. The number of hydrogen-bond donors (Lipinski definition) is 1. The highest BCUT2D eigenvalue weighted by molar-refractivity contribution is 6.07. The van der Waals surface area contributed by atoms with E-state index >= 15 is 0 Å². The largest absolute Gasteiger partial charge is 0.435 e. The predicted octanol–water partition coefficient (Wildman–Crippen LogP) is 4.52. The fraction of sp³-hybridized carbons (Fsp3) is 0. The second-order valence-corrected chi connectivity index (χ2v) is 5.27. The standard InChI is InChI=1S/C18H11N3O/c1-2-6-13-11(5-1)12-9-15(19-10-16(12)20-13)18-21-14-7-3-4-8-17(14)22-18/h1-10,20H. The molecule has 0 spiro atoms. The van der Waals surface area contributed by atoms with Crippen LogP contribution >= 0.6 is 0 Å². The Bertz CT molecular complexity index is 1100. The van der Waals surface area contributed by atoms with Crippen molar-refractivity contribution >= 4 is 32.9 Å². The first-order valence-electron chi connectivity index (χ1n) is 7.11. The van der Waals surface area contributed by atoms with E-state index in [1.165, 1.54) is 5.39 Å². The van der Waals surface area contributed by atoms with E-state index in [0.29, 0.717) is 5.89 Å². The van der Waals surface area contributed by atoms with Crippen LogP contribution in [0.5, 0.6) is 0 Å². The van der Waals surface area contributed by atoms with Gasteiger partial charge >= 0.3 is 0 Å². The fourth-order valence-electron chi connectivity index (χ4n) is 2.85. The summed E-state index contributed by atoms with van der Waals surface area (Å²) < 4.78 is 5.81. The SMILES string of the molecule is c1ccc2oc(-c3cc4c(cn3)[nH]c3ccccc34)nc2c1. The van der Waals surface area contributed by atoms with E-state index in [2.05, 4.69) is 27.1 Å². The monoisotopic (exact) mass is 285 g/mol. The van der Waals surface area contributed by atoms with Gasteiger partial charge in [0.25, 0.3) is 0 Å². The molecule has 3 heterocycles. The first-order valence-corrected chi connectivity index (χ1v) is 7.11. The van der Waals surface area contributed by atoms with E-state index < -0.39 is 0 Å². The summed E-state index contributed by atoms with van der Waals surface area (Å²) in [5.41, 5.74) is 4.49. The van der Waals surface area contributed by atoms with Crippen LogP contribution in [0.4, 0.5) is 0 Å². The molecule has 0 fully saturated rings. The minimum atomic E-state index is 0.549. The highest BCUT2D eigenvalue weighted by Gasteiger charge is 2.11. The lowest BCUT2D eigenvalue weighted by molar-refractivity contribution is 0.617. The van der Waals surface area contributed by atoms with Crippen molar-refractivity contribution in [3.05, 3.63) is 60.8 Å². The lowest BCUT2D eigenvalue weighted by atomic mass is 10.1. The fourth-order valence-corrected chi connectivity index (χ4v) is 2.85. The van der Waals surface area contributed by atoms with Crippen LogP contribution in [0, 0.1) is 0 Å². The molecule has 2 aromatic carbocycles. The van der Waals surface area contributed by atoms with E-state index in [-0.39, 0.29) is 0 Å². The number of fused-ring (bicyclic) bond motifs is 4. The minimum Gasteiger partial charge on any atom is -0.435 e. The molecule has 0 aliphatic rings. The van der Waals surface area contributed by atoms with Crippen LogP contribution in [0.15, 0.2) is 65.2 Å². The highest BCUT2D eigenvalue weighted by atomic mass is 16.3. The van der Waals surface area contributed by atoms with Crippen LogP contribution in [0.3, 0.4) is 0 Å². The van der Waals surface area contributed by atoms with Gasteiger partial charge in [0.15, 0.2) is 5.58 Å². The molecule has 104 valence electrons. The van der Waals surface area contributed by atoms with E-state index in [0.717, 1.165) is 33.2 Å². The number of aromatic amines is 1. The number of pyridine rings is 1. The number of H-pyrrole nitrogens is 1. The van der Waals surface area contributed by atoms with Crippen LogP contribution in [-0.2, 0) is 0 Å². The normalized spacial score (nSPS) is 11.6. The van der Waals surface area contributed by atoms with Gasteiger partial charge in [0.2, 0.25) is 5.89 Å². The average molecular weight is 285 g/mol. The van der Waals surface area contributed by atoms with E-state index in [4.69, 9.17) is 4.42 Å². The molecule has 0 aliphatic heterocycles. The zero-order valence-electron chi connectivity index (χ0n) is 11.6. The predicted molar refractivity (Wildman–Crippen MR) is 86.6 cm³/mol. The summed E-state index contributed by atoms with van der Waals surface area (Å²) in [6.45, 7) is 0. The third kappa shape index (κ3) is 1.58. The van der Waals surface area contributed by atoms with Crippen molar-refractivity contribution < 1.29 is 4.42 Å². The third-order valence-corrected chi connectivity index (χ3v) is 3.90. The summed E-state index contributed by atoms with van der Waals surface area (Å²) in [4.78, 5) is 12.4. The van der Waals surface area contributed by atoms with Gasteiger partial charge < -0.3 is 9.40 Å². The Morgan fingerprint density at radius 1 is 0.864 bits per heavy atom. The van der Waals surface area contributed by atoms with Crippen molar-refractivity contribution in [3.63, 3.8) is 0 Å². The maximum Gasteiger partial charge on any atom is 0.246 e. The third-order valence-electron chi connectivity index (χ3n) is 3.90. The topological polar surface area (TPSA) is 54.7 Å². The maximum absolute atomic E-state index is 5.81. The number of benzene rings is 2. The van der Waals surface area contributed by atoms with Crippen LogP contribution in [0.2, 0.25) is 0 Å². The van der Waals surface area contributed by atoms with E-state index in [1.54, 1.807) is 0 Å². The zero-order chi connectivity index (χ0) is 14.5. The number of para-hydroxylation sites is 3. The van der Waals surface area contributed by atoms with Crippen molar-refractivity contribution in [2.75, 3.05) is 0 Å². The summed E-state index contributed by atoms with van der Waals surface area (Å²) >= 11 is 0. The van der Waals surface area contributed by atoms with E-state index in [9.17, 15) is 0 Å². The van der Waals surface area contributed by atoms with Crippen LogP contribution in [0.1, 0.15) is 0 Å². The van der Waals surface area contributed by atoms with Crippen molar-refractivity contribution in [3.8, 4) is 11.6 Å². The molecule has 22 heavy (non-hydrogen) atoms. The highest BCUT2D eigenvalue weighted by Crippen LogP contribution is 2.29. The van der Waals surface area contributed by atoms with Gasteiger partial charge in [0, 0.05) is 16.3 Å². The Morgan fingerprint density at radius 3 is 2.68 bits per heavy atom. The lowest BCUT2D eigenvalue weighted by Crippen LogP contribution is -1.82. The van der Waals surface area contributed by atoms with Gasteiger partial charge in [-0.25, -0.2) is 9.97 Å². The Balaban J connectivity index is 1.78. The molecule has 4 heteroatoms. The van der Waals surface area contributed by atoms with Crippen molar-refractivity contribution in [1.29, 1.82) is 0 Å². The molecular weight excluding hydrogens is 274 g/mol. The molecule has 0 atom stereocenters. The van der Waals surface area contributed by atoms with Crippen molar-refractivity contribution in [2.24, 2.45) is 0 Å². The maximum atomic E-state index is 5.81. The lowest BCUT2D eigenvalue weighted by Gasteiger charge is -1.95. The summed E-state index contributed by atoms with van der Waals surface area (Å²) in [5.74, 6) is 0.549. The molecule has 5 rings (SSSR count). The van der Waals surface area contributed by atoms with Gasteiger partial charge in [0.05, 0.1) is 11.7 Å². The Kier molecular flexibility index (Phi) is 2.19. The number of nitrogens with one attached hydrogen (secondary N) is 1. The first-order chi connectivity index (χ1) is 10.9. The van der Waals surface area contributed by atoms with Gasteiger partial charge in [-0.15, -0.1) is 0 Å². The van der Waals surface area contributed by atoms with Crippen molar-refractivity contribution in [1.82, 2.24) is 15.0 Å². The number of rotatable bonds is 1. The second kappa shape index (κ2) is 4.18. The molecule has 0 bridgehead atoms. The molecule has 0 radical (unpaired) electrons. The van der Waals surface area contributed by atoms with Crippen molar-refractivity contribution in [2.45, 2.75) is 0 Å². The summed E-state index contributed by atoms with van der Waals surface area (Å²) in [6.07, 6.45) is 1.83. The molecule has 0 unspecified atom stereocenters. The Labute approximate surface area is 125 Å². The molecule has 4 nitrogen and oxygen atoms in total. The zero-order valence-corrected chi connectivity index (χ0v) is 11.6. The summed E-state index contributed by atoms with van der Waals surface area (Å²) in [7, 11) is 0. The molecule has 0 amide bonds. The van der Waals surface area contributed by atoms with E-state index in [1.807, 2.05) is 48.7 Å². The molecular formula is C18H11N3O. The molecule has 3 aromatic heterocycles. The Morgan fingerprint density at radius 2 is 1.73 bits per heavy atom. The molecule has 5 aromatic rings. The number of oxazole rings is 1. The van der Waals surface area contributed by atoms with Gasteiger partial charge in [-0.2, -0.15) is 0 Å². The minimum absolute atomic E-state index is 0.549. The molecule has 0 saturated carbocycles. The van der Waals surface area contributed by atoms with Crippen LogP contribution < -0.4 is 0 Å². The number of aromatic nitrogens is 3. The number of hydrogen-bond acceptors (Lipinski definition) is 3. The second-order valence-electron chi connectivity index (χ2n) is 5.27. The van der Waals surface area contributed by atoms with Gasteiger partial charge in [-0.1, -0.05) is 30.3 Å². The Hall–Kier alpha value is -3.14. The average Bonchev–Trinajstić information content (AvgIpc) is 3.15. The first kappa shape index (κ1) is 11.5. The van der Waals surface area contributed by atoms with Gasteiger partial charge in [0.1, 0.15) is 11.2 Å². The smallest absolute Gasteiger partial charge is 0.246 e. The van der Waals surface area contributed by atoms with Crippen LogP contribution in [-0.4, -0.2) is 15.0 Å². The molecule has 1 N–H and O–H groups in total. The molecule has 0 saturated heterocycles. The van der Waals surface area contributed by atoms with Gasteiger partial charge in [-0.3, -0.25) is 0 Å². The van der Waals surface area contributed by atoms with Crippen LogP contribution in [0.25, 0.3) is 44.5 Å². The summed E-state index contributed by atoms with van der Waals surface area (Å²) in [5, 5.41) is 2.31. The van der Waals surface area contributed by atoms with Gasteiger partial charge in [-0.05, 0) is 24.3 Å². The quantitative estimate of drug-likeness (QED) is 0.492. The summed E-state index contributed by atoms with van der Waals surface area (Å²) in [6, 6.07) is 18.0. The molecule has 0 aliphatic carbocycles.